The Kier molecular flexibility index (Phi) is 6.75. The Morgan fingerprint density at radius 3 is 2.58 bits per heavy atom. The molecule has 2 aromatic carbocycles. The maximum atomic E-state index is 13.0. The molecule has 33 heavy (non-hydrogen) atoms. The lowest BCUT2D eigenvalue weighted by Crippen LogP contribution is -2.43. The molecule has 174 valence electrons. The Balaban J connectivity index is 1.38. The molecule has 1 unspecified atom stereocenters. The summed E-state index contributed by atoms with van der Waals surface area (Å²) in [4.78, 5) is 13.0. The van der Waals surface area contributed by atoms with Crippen molar-refractivity contribution in [3.63, 3.8) is 0 Å². The van der Waals surface area contributed by atoms with E-state index in [1.807, 2.05) is 31.2 Å². The van der Waals surface area contributed by atoms with Crippen LogP contribution in [-0.2, 0) is 21.2 Å². The van der Waals surface area contributed by atoms with Crippen molar-refractivity contribution in [2.45, 2.75) is 31.1 Å². The number of aromatic nitrogens is 2. The van der Waals surface area contributed by atoms with Crippen molar-refractivity contribution < 1.29 is 22.4 Å². The quantitative estimate of drug-likeness (QED) is 0.564. The summed E-state index contributed by atoms with van der Waals surface area (Å²) in [6.45, 7) is 2.46. The molecular weight excluding hydrogens is 444 g/mol. The molecule has 1 fully saturated rings. The third-order valence-corrected chi connectivity index (χ3v) is 7.50. The first-order chi connectivity index (χ1) is 15.8. The topological polar surface area (TPSA) is 115 Å². The molecule has 1 aliphatic heterocycles. The van der Waals surface area contributed by atoms with Crippen molar-refractivity contribution in [3.05, 3.63) is 65.5 Å². The molecule has 9 nitrogen and oxygen atoms in total. The number of methoxy groups -OCH3 is 1. The van der Waals surface area contributed by atoms with E-state index in [1.54, 1.807) is 12.1 Å². The lowest BCUT2D eigenvalue weighted by atomic mass is 9.99. The molecule has 1 aromatic heterocycles. The fourth-order valence-corrected chi connectivity index (χ4v) is 5.26. The first kappa shape index (κ1) is 22.9. The molecule has 0 aliphatic carbocycles. The van der Waals surface area contributed by atoms with Crippen LogP contribution >= 0.6 is 0 Å². The molecule has 1 saturated heterocycles. The van der Waals surface area contributed by atoms with Crippen LogP contribution in [0.2, 0.25) is 0 Å². The molecule has 2 heterocycles. The van der Waals surface area contributed by atoms with Gasteiger partial charge in [-0.2, -0.15) is 4.31 Å². The Morgan fingerprint density at radius 1 is 1.15 bits per heavy atom. The van der Waals surface area contributed by atoms with Gasteiger partial charge in [-0.1, -0.05) is 34.9 Å². The predicted octanol–water partition coefficient (Wildman–Crippen LogP) is 3.02. The molecule has 1 N–H and O–H groups in total. The zero-order valence-electron chi connectivity index (χ0n) is 18.5. The van der Waals surface area contributed by atoms with Crippen LogP contribution in [0.1, 0.15) is 29.9 Å². The minimum absolute atomic E-state index is 0.0113. The van der Waals surface area contributed by atoms with Gasteiger partial charge in [0.2, 0.25) is 21.8 Å². The summed E-state index contributed by atoms with van der Waals surface area (Å²) < 4.78 is 38.1. The fraction of sp³-hybridized carbons (Fsp3) is 0.348. The number of ether oxygens (including phenoxy) is 1. The van der Waals surface area contributed by atoms with Gasteiger partial charge in [-0.05, 0) is 49.6 Å². The van der Waals surface area contributed by atoms with Crippen LogP contribution in [0.4, 0.5) is 6.01 Å². The first-order valence-electron chi connectivity index (χ1n) is 10.7. The summed E-state index contributed by atoms with van der Waals surface area (Å²) in [6, 6.07) is 14.2. The van der Waals surface area contributed by atoms with Crippen LogP contribution in [0.25, 0.3) is 0 Å². The fourth-order valence-electron chi connectivity index (χ4n) is 3.74. The van der Waals surface area contributed by atoms with E-state index < -0.39 is 15.9 Å². The number of carbonyl (C=O) groups is 1. The molecule has 4 rings (SSSR count). The van der Waals surface area contributed by atoms with Crippen molar-refractivity contribution >= 4 is 21.9 Å². The standard InChI is InChI=1S/C23H26N4O5S/c1-16-5-7-17(8-6-16)14-21-25-26-23(32-21)24-22(28)18-4-3-13-27(15-18)33(29,30)20-11-9-19(31-2)10-12-20/h5-12,18H,3-4,13-15H2,1-2H3,(H,24,26,28). The van der Waals surface area contributed by atoms with Crippen LogP contribution in [0.3, 0.4) is 0 Å². The van der Waals surface area contributed by atoms with Gasteiger partial charge in [0.25, 0.3) is 0 Å². The second-order valence-corrected chi connectivity index (χ2v) is 9.97. The average molecular weight is 471 g/mol. The summed E-state index contributed by atoms with van der Waals surface area (Å²) in [5.74, 6) is 0.113. The lowest BCUT2D eigenvalue weighted by Gasteiger charge is -2.30. The van der Waals surface area contributed by atoms with E-state index in [2.05, 4.69) is 15.5 Å². The Labute approximate surface area is 192 Å². The molecular formula is C23H26N4O5S. The molecule has 1 atom stereocenters. The van der Waals surface area contributed by atoms with Crippen LogP contribution in [0, 0.1) is 12.8 Å². The number of rotatable bonds is 7. The highest BCUT2D eigenvalue weighted by molar-refractivity contribution is 7.89. The van der Waals surface area contributed by atoms with Gasteiger partial charge >= 0.3 is 6.01 Å². The van der Waals surface area contributed by atoms with E-state index in [0.717, 1.165) is 11.1 Å². The third kappa shape index (κ3) is 5.40. The maximum Gasteiger partial charge on any atom is 0.322 e. The number of hydrogen-bond donors (Lipinski definition) is 1. The highest BCUT2D eigenvalue weighted by Gasteiger charge is 2.33. The zero-order valence-corrected chi connectivity index (χ0v) is 19.3. The minimum Gasteiger partial charge on any atom is -0.497 e. The Hall–Kier alpha value is -3.24. The van der Waals surface area contributed by atoms with Gasteiger partial charge in [-0.25, -0.2) is 8.42 Å². The second-order valence-electron chi connectivity index (χ2n) is 8.03. The number of carbonyl (C=O) groups excluding carboxylic acids is 1. The highest BCUT2D eigenvalue weighted by Crippen LogP contribution is 2.26. The average Bonchev–Trinajstić information content (AvgIpc) is 3.27. The van der Waals surface area contributed by atoms with Gasteiger partial charge in [0, 0.05) is 13.1 Å². The molecule has 0 spiro atoms. The lowest BCUT2D eigenvalue weighted by molar-refractivity contribution is -0.121. The first-order valence-corrected chi connectivity index (χ1v) is 12.1. The van der Waals surface area contributed by atoms with Gasteiger partial charge in [-0.3, -0.25) is 10.1 Å². The smallest absolute Gasteiger partial charge is 0.322 e. The number of benzene rings is 2. The number of hydrogen-bond acceptors (Lipinski definition) is 7. The Morgan fingerprint density at radius 2 is 1.88 bits per heavy atom. The predicted molar refractivity (Wildman–Crippen MR) is 121 cm³/mol. The number of piperidine rings is 1. The number of nitrogens with zero attached hydrogens (tertiary/aromatic N) is 3. The van der Waals surface area contributed by atoms with Gasteiger partial charge in [-0.15, -0.1) is 5.10 Å². The maximum absolute atomic E-state index is 13.0. The van der Waals surface area contributed by atoms with Gasteiger partial charge in [0.05, 0.1) is 24.3 Å². The van der Waals surface area contributed by atoms with Gasteiger partial charge < -0.3 is 9.15 Å². The molecule has 0 saturated carbocycles. The largest absolute Gasteiger partial charge is 0.497 e. The zero-order chi connectivity index (χ0) is 23.4. The number of amides is 1. The van der Waals surface area contributed by atoms with Crippen molar-refractivity contribution in [1.82, 2.24) is 14.5 Å². The van der Waals surface area contributed by atoms with Crippen LogP contribution in [0.15, 0.2) is 57.8 Å². The van der Waals surface area contributed by atoms with Crippen LogP contribution in [0.5, 0.6) is 5.75 Å². The molecule has 1 amide bonds. The van der Waals surface area contributed by atoms with E-state index in [-0.39, 0.29) is 23.4 Å². The van der Waals surface area contributed by atoms with Crippen molar-refractivity contribution in [2.24, 2.45) is 5.92 Å². The minimum atomic E-state index is -3.71. The van der Waals surface area contributed by atoms with Crippen LogP contribution in [-0.4, -0.2) is 49.0 Å². The van der Waals surface area contributed by atoms with Gasteiger partial charge in [0.15, 0.2) is 0 Å². The molecule has 0 bridgehead atoms. The van der Waals surface area contributed by atoms with Crippen molar-refractivity contribution in [2.75, 3.05) is 25.5 Å². The highest BCUT2D eigenvalue weighted by atomic mass is 32.2. The number of sulfonamides is 1. The van der Waals surface area contributed by atoms with Crippen molar-refractivity contribution in [1.29, 1.82) is 0 Å². The van der Waals surface area contributed by atoms with E-state index in [4.69, 9.17) is 9.15 Å². The van der Waals surface area contributed by atoms with Gasteiger partial charge in [0.1, 0.15) is 5.75 Å². The molecule has 10 heteroatoms. The number of aryl methyl sites for hydroxylation is 1. The van der Waals surface area contributed by atoms with E-state index in [1.165, 1.54) is 23.5 Å². The van der Waals surface area contributed by atoms with E-state index >= 15 is 0 Å². The Bertz CT molecular complexity index is 1210. The molecule has 1 aliphatic rings. The molecule has 0 radical (unpaired) electrons. The summed E-state index contributed by atoms with van der Waals surface area (Å²) in [5, 5.41) is 10.5. The second kappa shape index (κ2) is 9.72. The molecule has 3 aromatic rings. The normalized spacial score (nSPS) is 17.0. The van der Waals surface area contributed by atoms with E-state index in [0.29, 0.717) is 37.4 Å². The number of nitrogens with one attached hydrogen (secondary N) is 1. The monoisotopic (exact) mass is 470 g/mol. The summed E-state index contributed by atoms with van der Waals surface area (Å²) in [5.41, 5.74) is 2.18. The summed E-state index contributed by atoms with van der Waals surface area (Å²) >= 11 is 0. The third-order valence-electron chi connectivity index (χ3n) is 5.63. The summed E-state index contributed by atoms with van der Waals surface area (Å²) in [7, 11) is -2.19. The van der Waals surface area contributed by atoms with Crippen LogP contribution < -0.4 is 10.1 Å². The van der Waals surface area contributed by atoms with Crippen molar-refractivity contribution in [3.8, 4) is 5.75 Å². The van der Waals surface area contributed by atoms with E-state index in [9.17, 15) is 13.2 Å². The summed E-state index contributed by atoms with van der Waals surface area (Å²) in [6.07, 6.45) is 1.61. The SMILES string of the molecule is COc1ccc(S(=O)(=O)N2CCCC(C(=O)Nc3nnc(Cc4ccc(C)cc4)o3)C2)cc1. The number of anilines is 1.